The van der Waals surface area contributed by atoms with Gasteiger partial charge in [-0.3, -0.25) is 19.7 Å². The van der Waals surface area contributed by atoms with Crippen molar-refractivity contribution < 1.29 is 4.79 Å². The predicted octanol–water partition coefficient (Wildman–Crippen LogP) is 3.27. The van der Waals surface area contributed by atoms with Gasteiger partial charge in [-0.1, -0.05) is 48.5 Å². The number of aryl methyl sites for hydroxylation is 1. The minimum Gasteiger partial charge on any atom is -0.341 e. The van der Waals surface area contributed by atoms with Gasteiger partial charge >= 0.3 is 0 Å². The number of nitrogens with one attached hydrogen (secondary N) is 2. The number of hydrogen-bond donors (Lipinski definition) is 2. The van der Waals surface area contributed by atoms with Gasteiger partial charge in [0.2, 0.25) is 5.91 Å². The van der Waals surface area contributed by atoms with E-state index in [1.54, 1.807) is 11.9 Å². The van der Waals surface area contributed by atoms with Gasteiger partial charge in [-0.05, 0) is 24.4 Å². The first kappa shape index (κ1) is 21.4. The fourth-order valence-corrected chi connectivity index (χ4v) is 3.52. The van der Waals surface area contributed by atoms with Crippen LogP contribution < -0.4 is 5.56 Å². The zero-order chi connectivity index (χ0) is 22.5. The molecule has 8 nitrogen and oxygen atoms in total. The molecule has 0 aliphatic rings. The Morgan fingerprint density at radius 3 is 2.47 bits per heavy atom. The summed E-state index contributed by atoms with van der Waals surface area (Å²) in [6, 6.07) is 19.7. The van der Waals surface area contributed by atoms with Crippen LogP contribution in [0.25, 0.3) is 16.9 Å². The standard InChI is InChI=1S/C23H22N6O2S/c1-28(20(30)13-12-19-22(31)24-23(32)26-25-19)14-17-15-29(18-10-6-3-7-11-18)27-21(17)16-8-4-2-5-9-16/h2-11,15H,12-14H2,1H3,(H2,24,26,31,32). The zero-order valence-corrected chi connectivity index (χ0v) is 18.3. The van der Waals surface area contributed by atoms with E-state index in [1.807, 2.05) is 71.5 Å². The topological polar surface area (TPSA) is 99.7 Å². The third kappa shape index (κ3) is 4.89. The summed E-state index contributed by atoms with van der Waals surface area (Å²) < 4.78 is 1.98. The Morgan fingerprint density at radius 2 is 1.78 bits per heavy atom. The van der Waals surface area contributed by atoms with Gasteiger partial charge in [0.1, 0.15) is 5.69 Å². The van der Waals surface area contributed by atoms with E-state index in [-0.39, 0.29) is 34.8 Å². The molecule has 1 amide bonds. The lowest BCUT2D eigenvalue weighted by Crippen LogP contribution is -2.27. The molecule has 2 aromatic carbocycles. The third-order valence-electron chi connectivity index (χ3n) is 5.05. The van der Waals surface area contributed by atoms with Crippen molar-refractivity contribution in [2.75, 3.05) is 7.05 Å². The summed E-state index contributed by atoms with van der Waals surface area (Å²) in [4.78, 5) is 28.8. The van der Waals surface area contributed by atoms with Crippen LogP contribution >= 0.6 is 12.2 Å². The van der Waals surface area contributed by atoms with Gasteiger partial charge in [0.25, 0.3) is 5.56 Å². The summed E-state index contributed by atoms with van der Waals surface area (Å²) in [5.74, 6) is -0.0971. The smallest absolute Gasteiger partial charge is 0.273 e. The van der Waals surface area contributed by atoms with Crippen LogP contribution in [0.5, 0.6) is 0 Å². The number of para-hydroxylation sites is 1. The highest BCUT2D eigenvalue weighted by Crippen LogP contribution is 2.24. The number of aromatic nitrogens is 5. The maximum Gasteiger partial charge on any atom is 0.273 e. The number of H-pyrrole nitrogens is 2. The van der Waals surface area contributed by atoms with Crippen molar-refractivity contribution in [3.8, 4) is 16.9 Å². The second-order valence-electron chi connectivity index (χ2n) is 7.35. The quantitative estimate of drug-likeness (QED) is 0.425. The van der Waals surface area contributed by atoms with Crippen LogP contribution in [0, 0.1) is 4.77 Å². The minimum absolute atomic E-state index is 0.0971. The first-order valence-corrected chi connectivity index (χ1v) is 10.5. The molecule has 0 saturated carbocycles. The molecular weight excluding hydrogens is 424 g/mol. The van der Waals surface area contributed by atoms with Crippen LogP contribution in [0.4, 0.5) is 0 Å². The van der Waals surface area contributed by atoms with Gasteiger partial charge < -0.3 is 4.90 Å². The molecule has 0 saturated heterocycles. The lowest BCUT2D eigenvalue weighted by Gasteiger charge is -2.17. The van der Waals surface area contributed by atoms with E-state index in [0.29, 0.717) is 6.54 Å². The Labute approximate surface area is 189 Å². The molecule has 0 spiro atoms. The Morgan fingerprint density at radius 1 is 1.09 bits per heavy atom. The number of nitrogens with zero attached hydrogens (tertiary/aromatic N) is 4. The van der Waals surface area contributed by atoms with Crippen molar-refractivity contribution >= 4 is 18.1 Å². The van der Waals surface area contributed by atoms with E-state index in [4.69, 9.17) is 17.3 Å². The van der Waals surface area contributed by atoms with E-state index in [2.05, 4.69) is 15.2 Å². The molecule has 0 fully saturated rings. The van der Waals surface area contributed by atoms with E-state index >= 15 is 0 Å². The number of carbonyl (C=O) groups is 1. The predicted molar refractivity (Wildman–Crippen MR) is 124 cm³/mol. The number of rotatable bonds is 7. The van der Waals surface area contributed by atoms with Gasteiger partial charge in [0.15, 0.2) is 4.77 Å². The highest BCUT2D eigenvalue weighted by atomic mass is 32.1. The van der Waals surface area contributed by atoms with Crippen molar-refractivity contribution in [3.63, 3.8) is 0 Å². The zero-order valence-electron chi connectivity index (χ0n) is 17.5. The van der Waals surface area contributed by atoms with Crippen LogP contribution in [0.3, 0.4) is 0 Å². The summed E-state index contributed by atoms with van der Waals surface area (Å²) >= 11 is 4.84. The fraction of sp³-hybridized carbons (Fsp3) is 0.174. The van der Waals surface area contributed by atoms with Crippen molar-refractivity contribution in [3.05, 3.63) is 93.2 Å². The summed E-state index contributed by atoms with van der Waals surface area (Å²) in [6.45, 7) is 0.386. The van der Waals surface area contributed by atoms with Gasteiger partial charge in [-0.25, -0.2) is 4.68 Å². The molecule has 32 heavy (non-hydrogen) atoms. The van der Waals surface area contributed by atoms with Gasteiger partial charge in [-0.15, -0.1) is 0 Å². The molecule has 9 heteroatoms. The van der Waals surface area contributed by atoms with E-state index < -0.39 is 0 Å². The Kier molecular flexibility index (Phi) is 6.37. The molecule has 4 rings (SSSR count). The van der Waals surface area contributed by atoms with Crippen molar-refractivity contribution in [2.45, 2.75) is 19.4 Å². The molecular formula is C23H22N6O2S. The lowest BCUT2D eigenvalue weighted by molar-refractivity contribution is -0.130. The summed E-state index contributed by atoms with van der Waals surface area (Å²) in [6.07, 6.45) is 2.33. The third-order valence-corrected chi connectivity index (χ3v) is 5.24. The van der Waals surface area contributed by atoms with Crippen LogP contribution in [0.15, 0.2) is 71.7 Å². The first-order chi connectivity index (χ1) is 15.5. The van der Waals surface area contributed by atoms with Crippen molar-refractivity contribution in [2.24, 2.45) is 0 Å². The Bertz CT molecular complexity index is 1330. The second-order valence-corrected chi connectivity index (χ2v) is 7.76. The molecule has 0 radical (unpaired) electrons. The molecule has 2 heterocycles. The maximum absolute atomic E-state index is 12.8. The second kappa shape index (κ2) is 9.52. The number of hydrogen-bond acceptors (Lipinski definition) is 5. The monoisotopic (exact) mass is 446 g/mol. The molecule has 4 aromatic rings. The highest BCUT2D eigenvalue weighted by molar-refractivity contribution is 7.71. The number of aromatic amines is 2. The number of benzene rings is 2. The van der Waals surface area contributed by atoms with Gasteiger partial charge in [0, 0.05) is 43.8 Å². The Balaban J connectivity index is 1.54. The number of amides is 1. The average Bonchev–Trinajstić information content (AvgIpc) is 3.23. The Hall–Kier alpha value is -3.85. The number of carbonyl (C=O) groups excluding carboxylic acids is 1. The van der Waals surface area contributed by atoms with Crippen LogP contribution in [0.2, 0.25) is 0 Å². The lowest BCUT2D eigenvalue weighted by atomic mass is 10.1. The van der Waals surface area contributed by atoms with E-state index in [0.717, 1.165) is 22.5 Å². The van der Waals surface area contributed by atoms with Crippen molar-refractivity contribution in [1.29, 1.82) is 0 Å². The van der Waals surface area contributed by atoms with E-state index in [1.165, 1.54) is 0 Å². The molecule has 0 aliphatic heterocycles. The normalized spacial score (nSPS) is 10.8. The van der Waals surface area contributed by atoms with Crippen LogP contribution in [-0.2, 0) is 17.8 Å². The van der Waals surface area contributed by atoms with Crippen LogP contribution in [-0.4, -0.2) is 42.8 Å². The summed E-state index contributed by atoms with van der Waals surface area (Å²) in [7, 11) is 1.74. The molecule has 0 aliphatic carbocycles. The first-order valence-electron chi connectivity index (χ1n) is 10.1. The molecule has 162 valence electrons. The largest absolute Gasteiger partial charge is 0.341 e. The maximum atomic E-state index is 12.8. The van der Waals surface area contributed by atoms with E-state index in [9.17, 15) is 9.59 Å². The fourth-order valence-electron chi connectivity index (χ4n) is 3.38. The molecule has 0 atom stereocenters. The highest BCUT2D eigenvalue weighted by Gasteiger charge is 2.17. The van der Waals surface area contributed by atoms with Gasteiger partial charge in [0.05, 0.1) is 11.4 Å². The van der Waals surface area contributed by atoms with Crippen LogP contribution in [0.1, 0.15) is 17.7 Å². The molecule has 0 unspecified atom stereocenters. The molecule has 0 bridgehead atoms. The summed E-state index contributed by atoms with van der Waals surface area (Å²) in [5, 5.41) is 11.3. The SMILES string of the molecule is CN(Cc1cn(-c2ccccc2)nc1-c1ccccc1)C(=O)CCc1n[nH]c(=S)[nH]c1=O. The minimum atomic E-state index is -0.375. The molecule has 2 aromatic heterocycles. The van der Waals surface area contributed by atoms with Crippen molar-refractivity contribution in [1.82, 2.24) is 29.9 Å². The summed E-state index contributed by atoms with van der Waals surface area (Å²) in [5.41, 5.74) is 3.55. The average molecular weight is 447 g/mol. The molecule has 2 N–H and O–H groups in total. The van der Waals surface area contributed by atoms with Gasteiger partial charge in [-0.2, -0.15) is 10.2 Å².